The molecule has 0 unspecified atom stereocenters. The van der Waals surface area contributed by atoms with Gasteiger partial charge in [-0.2, -0.15) is 0 Å². The lowest BCUT2D eigenvalue weighted by atomic mass is 10.00. The lowest BCUT2D eigenvalue weighted by Crippen LogP contribution is -2.51. The van der Waals surface area contributed by atoms with Gasteiger partial charge in [0.05, 0.1) is 0 Å². The third kappa shape index (κ3) is 4.16. The van der Waals surface area contributed by atoms with Crippen molar-refractivity contribution in [3.63, 3.8) is 0 Å². The first-order valence-corrected chi connectivity index (χ1v) is 9.20. The van der Waals surface area contributed by atoms with Gasteiger partial charge in [-0.25, -0.2) is 0 Å². The number of piperazine rings is 1. The van der Waals surface area contributed by atoms with Gasteiger partial charge in [-0.05, 0) is 36.3 Å². The number of carbonyl (C=O) groups is 2. The smallest absolute Gasteiger partial charge is 0.225 e. The highest BCUT2D eigenvalue weighted by Gasteiger charge is 2.35. The quantitative estimate of drug-likeness (QED) is 0.834. The van der Waals surface area contributed by atoms with Crippen LogP contribution in [0.3, 0.4) is 0 Å². The maximum absolute atomic E-state index is 12.4. The zero-order valence-electron chi connectivity index (χ0n) is 14.8. The number of benzene rings is 1. The Morgan fingerprint density at radius 3 is 2.12 bits per heavy atom. The molecule has 0 radical (unpaired) electrons. The van der Waals surface area contributed by atoms with Gasteiger partial charge in [-0.15, -0.1) is 0 Å². The Hall–Kier alpha value is -1.84. The van der Waals surface area contributed by atoms with Gasteiger partial charge in [-0.3, -0.25) is 9.59 Å². The van der Waals surface area contributed by atoms with Crippen molar-refractivity contribution in [3.8, 4) is 0 Å². The Morgan fingerprint density at radius 2 is 1.58 bits per heavy atom. The lowest BCUT2D eigenvalue weighted by molar-refractivity contribution is -0.140. The Labute approximate surface area is 144 Å². The average Bonchev–Trinajstić information content (AvgIpc) is 3.44. The van der Waals surface area contributed by atoms with Crippen LogP contribution in [0.2, 0.25) is 0 Å². The SMILES string of the molecule is CC(C)c1ccc(CCC(=O)N2CCN(C(=O)C3CC3)CC2)cc1. The Morgan fingerprint density at radius 1 is 1.00 bits per heavy atom. The highest BCUT2D eigenvalue weighted by atomic mass is 16.2. The highest BCUT2D eigenvalue weighted by molar-refractivity contribution is 5.82. The van der Waals surface area contributed by atoms with Gasteiger partial charge in [0, 0.05) is 38.5 Å². The van der Waals surface area contributed by atoms with Crippen LogP contribution >= 0.6 is 0 Å². The normalized spacial score (nSPS) is 18.1. The second-order valence-electron chi connectivity index (χ2n) is 7.38. The number of hydrogen-bond acceptors (Lipinski definition) is 2. The molecule has 4 nitrogen and oxygen atoms in total. The fourth-order valence-electron chi connectivity index (χ4n) is 3.24. The van der Waals surface area contributed by atoms with Crippen molar-refractivity contribution < 1.29 is 9.59 Å². The van der Waals surface area contributed by atoms with E-state index in [2.05, 4.69) is 38.1 Å². The first-order valence-electron chi connectivity index (χ1n) is 9.20. The molecule has 0 atom stereocenters. The first-order chi connectivity index (χ1) is 11.5. The molecule has 4 heteroatoms. The van der Waals surface area contributed by atoms with Gasteiger partial charge < -0.3 is 9.80 Å². The van der Waals surface area contributed by atoms with Gasteiger partial charge in [0.25, 0.3) is 0 Å². The van der Waals surface area contributed by atoms with E-state index >= 15 is 0 Å². The van der Waals surface area contributed by atoms with Crippen LogP contribution in [-0.2, 0) is 16.0 Å². The molecular formula is C20H28N2O2. The van der Waals surface area contributed by atoms with Crippen LogP contribution in [0.4, 0.5) is 0 Å². The van der Waals surface area contributed by atoms with Crippen LogP contribution in [-0.4, -0.2) is 47.8 Å². The van der Waals surface area contributed by atoms with Crippen molar-refractivity contribution in [2.45, 2.75) is 45.4 Å². The average molecular weight is 328 g/mol. The van der Waals surface area contributed by atoms with E-state index in [0.29, 0.717) is 44.4 Å². The maximum Gasteiger partial charge on any atom is 0.225 e. The first kappa shape index (κ1) is 17.0. The fraction of sp³-hybridized carbons (Fsp3) is 0.600. The summed E-state index contributed by atoms with van der Waals surface area (Å²) in [5.41, 5.74) is 2.55. The summed E-state index contributed by atoms with van der Waals surface area (Å²) in [6.45, 7) is 7.14. The van der Waals surface area contributed by atoms with Crippen LogP contribution in [0.15, 0.2) is 24.3 Å². The Bertz CT molecular complexity index is 582. The number of amides is 2. The number of nitrogens with zero attached hydrogens (tertiary/aromatic N) is 2. The molecule has 1 aliphatic heterocycles. The molecule has 2 fully saturated rings. The molecule has 0 N–H and O–H groups in total. The second-order valence-corrected chi connectivity index (χ2v) is 7.38. The molecule has 1 heterocycles. The third-order valence-electron chi connectivity index (χ3n) is 5.14. The molecule has 1 aliphatic carbocycles. The van der Waals surface area contributed by atoms with Gasteiger partial charge >= 0.3 is 0 Å². The van der Waals surface area contributed by atoms with E-state index in [1.54, 1.807) is 0 Å². The summed E-state index contributed by atoms with van der Waals surface area (Å²) in [4.78, 5) is 28.3. The zero-order chi connectivity index (χ0) is 17.1. The van der Waals surface area contributed by atoms with Crippen molar-refractivity contribution in [2.75, 3.05) is 26.2 Å². The minimum atomic E-state index is 0.210. The van der Waals surface area contributed by atoms with E-state index in [4.69, 9.17) is 0 Å². The highest BCUT2D eigenvalue weighted by Crippen LogP contribution is 2.31. The molecule has 1 aromatic carbocycles. The van der Waals surface area contributed by atoms with Crippen LogP contribution in [0.25, 0.3) is 0 Å². The molecule has 1 saturated carbocycles. The molecule has 130 valence electrons. The number of rotatable bonds is 5. The minimum Gasteiger partial charge on any atom is -0.339 e. The van der Waals surface area contributed by atoms with Crippen LogP contribution in [0.5, 0.6) is 0 Å². The number of hydrogen-bond donors (Lipinski definition) is 0. The third-order valence-corrected chi connectivity index (χ3v) is 5.14. The summed E-state index contributed by atoms with van der Waals surface area (Å²) < 4.78 is 0. The zero-order valence-corrected chi connectivity index (χ0v) is 14.8. The predicted molar refractivity (Wildman–Crippen MR) is 94.7 cm³/mol. The summed E-state index contributed by atoms with van der Waals surface area (Å²) in [5, 5.41) is 0. The van der Waals surface area contributed by atoms with E-state index in [1.807, 2.05) is 9.80 Å². The Balaban J connectivity index is 1.43. The van der Waals surface area contributed by atoms with Crippen molar-refractivity contribution in [3.05, 3.63) is 35.4 Å². The molecule has 2 amide bonds. The maximum atomic E-state index is 12.4. The van der Waals surface area contributed by atoms with E-state index < -0.39 is 0 Å². The van der Waals surface area contributed by atoms with Gasteiger partial charge in [0.2, 0.25) is 11.8 Å². The van der Waals surface area contributed by atoms with Crippen molar-refractivity contribution in [1.82, 2.24) is 9.80 Å². The second kappa shape index (κ2) is 7.37. The molecule has 1 aromatic rings. The fourth-order valence-corrected chi connectivity index (χ4v) is 3.24. The van der Waals surface area contributed by atoms with E-state index in [1.165, 1.54) is 11.1 Å². The molecule has 24 heavy (non-hydrogen) atoms. The largest absolute Gasteiger partial charge is 0.339 e. The molecule has 0 spiro atoms. The standard InChI is InChI=1S/C20H28N2O2/c1-15(2)17-6-3-16(4-7-17)5-10-19(23)21-11-13-22(14-12-21)20(24)18-8-9-18/h3-4,6-7,15,18H,5,8-14H2,1-2H3. The summed E-state index contributed by atoms with van der Waals surface area (Å²) in [7, 11) is 0. The molecule has 0 aromatic heterocycles. The van der Waals surface area contributed by atoms with Crippen molar-refractivity contribution in [1.29, 1.82) is 0 Å². The van der Waals surface area contributed by atoms with E-state index in [0.717, 1.165) is 19.3 Å². The molecule has 0 bridgehead atoms. The predicted octanol–water partition coefficient (Wildman–Crippen LogP) is 2.82. The van der Waals surface area contributed by atoms with Crippen LogP contribution < -0.4 is 0 Å². The number of aryl methyl sites for hydroxylation is 1. The van der Waals surface area contributed by atoms with Crippen molar-refractivity contribution in [2.24, 2.45) is 5.92 Å². The van der Waals surface area contributed by atoms with Gasteiger partial charge in [0.15, 0.2) is 0 Å². The van der Waals surface area contributed by atoms with Crippen LogP contribution in [0.1, 0.15) is 50.2 Å². The lowest BCUT2D eigenvalue weighted by Gasteiger charge is -2.35. The summed E-state index contributed by atoms with van der Waals surface area (Å²) in [6, 6.07) is 8.59. The summed E-state index contributed by atoms with van der Waals surface area (Å²) in [5.74, 6) is 1.32. The molecule has 2 aliphatic rings. The number of carbonyl (C=O) groups excluding carboxylic acids is 2. The Kier molecular flexibility index (Phi) is 5.22. The van der Waals surface area contributed by atoms with E-state index in [-0.39, 0.29) is 11.8 Å². The monoisotopic (exact) mass is 328 g/mol. The summed E-state index contributed by atoms with van der Waals surface area (Å²) in [6.07, 6.45) is 3.44. The molecule has 3 rings (SSSR count). The molecular weight excluding hydrogens is 300 g/mol. The van der Waals surface area contributed by atoms with E-state index in [9.17, 15) is 9.59 Å². The minimum absolute atomic E-state index is 0.210. The topological polar surface area (TPSA) is 40.6 Å². The van der Waals surface area contributed by atoms with Gasteiger partial charge in [-0.1, -0.05) is 38.1 Å². The van der Waals surface area contributed by atoms with Crippen molar-refractivity contribution >= 4 is 11.8 Å². The molecule has 1 saturated heterocycles. The van der Waals surface area contributed by atoms with Crippen LogP contribution in [0, 0.1) is 5.92 Å². The summed E-state index contributed by atoms with van der Waals surface area (Å²) >= 11 is 0. The van der Waals surface area contributed by atoms with Gasteiger partial charge in [0.1, 0.15) is 0 Å².